The van der Waals surface area contributed by atoms with Gasteiger partial charge in [-0.05, 0) is 31.3 Å². The molecule has 1 aromatic rings. The summed E-state index contributed by atoms with van der Waals surface area (Å²) in [5, 5.41) is 10.6. The number of carbonyl (C=O) groups is 1. The molecule has 0 N–H and O–H groups in total. The van der Waals surface area contributed by atoms with E-state index in [0.29, 0.717) is 0 Å². The van der Waals surface area contributed by atoms with Crippen molar-refractivity contribution in [3.8, 4) is 0 Å². The minimum atomic E-state index is -4.44. The van der Waals surface area contributed by atoms with Crippen LogP contribution in [0, 0.1) is 5.21 Å². The highest BCUT2D eigenvalue weighted by molar-refractivity contribution is 5.94. The van der Waals surface area contributed by atoms with Gasteiger partial charge < -0.3 is 10.3 Å². The Hall–Kier alpha value is -1.56. The highest BCUT2D eigenvalue weighted by Gasteiger charge is 2.30. The molecule has 0 aliphatic carbocycles. The number of halogens is 3. The monoisotopic (exact) mass is 218 g/mol. The summed E-state index contributed by atoms with van der Waals surface area (Å²) in [4.78, 5) is 11.0. The molecule has 0 spiro atoms. The molecule has 6 heteroatoms. The molecule has 0 radical (unpaired) electrons. The van der Waals surface area contributed by atoms with Crippen LogP contribution in [0.5, 0.6) is 0 Å². The van der Waals surface area contributed by atoms with Crippen molar-refractivity contribution in [3.63, 3.8) is 0 Å². The molecule has 0 bridgehead atoms. The molecule has 0 aromatic heterocycles. The second-order valence-electron chi connectivity index (χ2n) is 2.88. The van der Waals surface area contributed by atoms with Crippen molar-refractivity contribution in [3.05, 3.63) is 40.6 Å². The van der Waals surface area contributed by atoms with E-state index in [-0.39, 0.29) is 10.6 Å². The van der Waals surface area contributed by atoms with Crippen LogP contribution in [0.15, 0.2) is 24.3 Å². The largest absolute Gasteiger partial charge is 0.756 e. The van der Waals surface area contributed by atoms with E-state index in [1.54, 1.807) is 0 Å². The molecule has 82 valence electrons. The maximum absolute atomic E-state index is 12.1. The zero-order valence-corrected chi connectivity index (χ0v) is 7.71. The zero-order chi connectivity index (χ0) is 11.6. The van der Waals surface area contributed by atoms with Crippen molar-refractivity contribution in [1.82, 2.24) is 5.06 Å². The molecule has 0 saturated carbocycles. The van der Waals surface area contributed by atoms with Gasteiger partial charge in [0.25, 0.3) is 0 Å². The molecule has 0 fully saturated rings. The standard InChI is InChI=1S/C9H7F3NO2/c1-13(15)8(14)6-2-4-7(5-3-6)9(10,11)12/h2-5H,1H3/q-1. The van der Waals surface area contributed by atoms with Gasteiger partial charge in [0.1, 0.15) is 0 Å². The average molecular weight is 218 g/mol. The second kappa shape index (κ2) is 3.90. The molecule has 0 atom stereocenters. The van der Waals surface area contributed by atoms with Crippen molar-refractivity contribution >= 4 is 5.91 Å². The van der Waals surface area contributed by atoms with Crippen molar-refractivity contribution in [2.45, 2.75) is 6.18 Å². The average Bonchev–Trinajstić information content (AvgIpc) is 2.15. The van der Waals surface area contributed by atoms with Crippen molar-refractivity contribution in [2.24, 2.45) is 0 Å². The third-order valence-electron chi connectivity index (χ3n) is 1.75. The van der Waals surface area contributed by atoms with Gasteiger partial charge >= 0.3 is 6.18 Å². The van der Waals surface area contributed by atoms with Gasteiger partial charge in [-0.1, -0.05) is 0 Å². The quantitative estimate of drug-likeness (QED) is 0.678. The Morgan fingerprint density at radius 1 is 1.27 bits per heavy atom. The number of amides is 1. The fourth-order valence-electron chi connectivity index (χ4n) is 0.984. The first-order chi connectivity index (χ1) is 6.82. The third-order valence-corrected chi connectivity index (χ3v) is 1.75. The number of carbonyl (C=O) groups excluding carboxylic acids is 1. The van der Waals surface area contributed by atoms with E-state index in [1.807, 2.05) is 0 Å². The normalized spacial score (nSPS) is 11.3. The molecule has 0 unspecified atom stereocenters. The van der Waals surface area contributed by atoms with E-state index < -0.39 is 17.6 Å². The smallest absolute Gasteiger partial charge is 0.416 e. The minimum Gasteiger partial charge on any atom is -0.756 e. The number of rotatable bonds is 1. The van der Waals surface area contributed by atoms with E-state index in [2.05, 4.69) is 0 Å². The number of hydrogen-bond acceptors (Lipinski definition) is 2. The molecule has 0 aliphatic rings. The molecular weight excluding hydrogens is 211 g/mol. The van der Waals surface area contributed by atoms with Gasteiger partial charge in [-0.25, -0.2) is 0 Å². The lowest BCUT2D eigenvalue weighted by atomic mass is 10.1. The summed E-state index contributed by atoms with van der Waals surface area (Å²) in [6.07, 6.45) is -4.44. The lowest BCUT2D eigenvalue weighted by Crippen LogP contribution is -2.19. The van der Waals surface area contributed by atoms with E-state index in [9.17, 15) is 23.2 Å². The Balaban J connectivity index is 2.96. The predicted octanol–water partition coefficient (Wildman–Crippen LogP) is 2.28. The highest BCUT2D eigenvalue weighted by Crippen LogP contribution is 2.29. The number of nitrogens with zero attached hydrogens (tertiary/aromatic N) is 1. The number of hydrogen-bond donors (Lipinski definition) is 0. The van der Waals surface area contributed by atoms with Crippen LogP contribution >= 0.6 is 0 Å². The fourth-order valence-corrected chi connectivity index (χ4v) is 0.984. The van der Waals surface area contributed by atoms with E-state index in [1.165, 1.54) is 0 Å². The van der Waals surface area contributed by atoms with Crippen molar-refractivity contribution in [1.29, 1.82) is 0 Å². The van der Waals surface area contributed by atoms with Gasteiger partial charge in [0, 0.05) is 5.56 Å². The van der Waals surface area contributed by atoms with Crippen LogP contribution in [0.1, 0.15) is 15.9 Å². The zero-order valence-electron chi connectivity index (χ0n) is 7.71. The molecule has 0 aliphatic heterocycles. The lowest BCUT2D eigenvalue weighted by Gasteiger charge is -2.22. The van der Waals surface area contributed by atoms with Crippen LogP contribution in [0.25, 0.3) is 0 Å². The number of hydroxylamine groups is 2. The van der Waals surface area contributed by atoms with Crippen LogP contribution in [0.2, 0.25) is 0 Å². The van der Waals surface area contributed by atoms with Crippen LogP contribution in [0.3, 0.4) is 0 Å². The number of alkyl halides is 3. The number of benzene rings is 1. The molecule has 1 amide bonds. The summed E-state index contributed by atoms with van der Waals surface area (Å²) in [5.74, 6) is -0.872. The summed E-state index contributed by atoms with van der Waals surface area (Å²) in [6.45, 7) is 0. The SMILES string of the molecule is CN([O-])C(=O)c1ccc(C(F)(F)F)cc1. The molecule has 0 saturated heterocycles. The van der Waals surface area contributed by atoms with Gasteiger partial charge in [-0.3, -0.25) is 4.79 Å². The fraction of sp³-hybridized carbons (Fsp3) is 0.222. The Labute approximate surface area is 83.7 Å². The van der Waals surface area contributed by atoms with Crippen LogP contribution < -0.4 is 0 Å². The first kappa shape index (κ1) is 11.5. The third kappa shape index (κ3) is 2.69. The highest BCUT2D eigenvalue weighted by atomic mass is 19.4. The molecule has 1 aromatic carbocycles. The van der Waals surface area contributed by atoms with E-state index in [0.717, 1.165) is 31.3 Å². The second-order valence-corrected chi connectivity index (χ2v) is 2.88. The van der Waals surface area contributed by atoms with Gasteiger partial charge in [0.15, 0.2) is 0 Å². The first-order valence-electron chi connectivity index (χ1n) is 3.95. The first-order valence-corrected chi connectivity index (χ1v) is 3.95. The summed E-state index contributed by atoms with van der Waals surface area (Å²) in [6, 6.07) is 3.46. The Bertz CT molecular complexity index is 357. The van der Waals surface area contributed by atoms with Crippen molar-refractivity contribution < 1.29 is 18.0 Å². The van der Waals surface area contributed by atoms with Gasteiger partial charge in [-0.2, -0.15) is 13.2 Å². The topological polar surface area (TPSA) is 43.4 Å². The molecular formula is C9H7F3NO2-. The minimum absolute atomic E-state index is 0.0581. The summed E-state index contributed by atoms with van der Waals surface area (Å²) in [7, 11) is 0.986. The van der Waals surface area contributed by atoms with Crippen LogP contribution in [-0.4, -0.2) is 18.0 Å². The molecule has 1 rings (SSSR count). The molecule has 15 heavy (non-hydrogen) atoms. The van der Waals surface area contributed by atoms with Gasteiger partial charge in [0.05, 0.1) is 5.56 Å². The predicted molar refractivity (Wildman–Crippen MR) is 46.9 cm³/mol. The van der Waals surface area contributed by atoms with E-state index in [4.69, 9.17) is 0 Å². The Kier molecular flexibility index (Phi) is 2.99. The van der Waals surface area contributed by atoms with Crippen LogP contribution in [0.4, 0.5) is 13.2 Å². The van der Waals surface area contributed by atoms with Crippen LogP contribution in [-0.2, 0) is 6.18 Å². The Morgan fingerprint density at radius 2 is 1.73 bits per heavy atom. The summed E-state index contributed by atoms with van der Waals surface area (Å²) in [5.41, 5.74) is -0.923. The molecule has 0 heterocycles. The maximum atomic E-state index is 12.1. The van der Waals surface area contributed by atoms with Gasteiger partial charge in [-0.15, -0.1) is 0 Å². The van der Waals surface area contributed by atoms with E-state index >= 15 is 0 Å². The summed E-state index contributed by atoms with van der Waals surface area (Å²) >= 11 is 0. The lowest BCUT2D eigenvalue weighted by molar-refractivity contribution is -0.137. The Morgan fingerprint density at radius 3 is 2.07 bits per heavy atom. The molecule has 3 nitrogen and oxygen atoms in total. The maximum Gasteiger partial charge on any atom is 0.416 e. The summed E-state index contributed by atoms with van der Waals surface area (Å²) < 4.78 is 36.4. The van der Waals surface area contributed by atoms with Crippen molar-refractivity contribution in [2.75, 3.05) is 7.05 Å². The van der Waals surface area contributed by atoms with Gasteiger partial charge in [0.2, 0.25) is 5.91 Å².